The second kappa shape index (κ2) is 46.5. The first-order chi connectivity index (χ1) is 33.0. The van der Waals surface area contributed by atoms with Crippen LogP contribution in [0.4, 0.5) is 0 Å². The molecule has 0 saturated heterocycles. The van der Waals surface area contributed by atoms with E-state index < -0.39 is 37.5 Å². The summed E-state index contributed by atoms with van der Waals surface area (Å²) in [5.41, 5.74) is 0.861. The van der Waals surface area contributed by atoms with Crippen molar-refractivity contribution in [3.05, 3.63) is 35.9 Å². The molecule has 0 saturated carbocycles. The van der Waals surface area contributed by atoms with Gasteiger partial charge in [0, 0.05) is 0 Å². The molecule has 0 aliphatic heterocycles. The van der Waals surface area contributed by atoms with Crippen LogP contribution in [0.1, 0.15) is 317 Å². The van der Waals surface area contributed by atoms with Gasteiger partial charge in [0.2, 0.25) is 0 Å². The summed E-state index contributed by atoms with van der Waals surface area (Å²) in [6, 6.07) is 9.67. The van der Waals surface area contributed by atoms with Crippen molar-refractivity contribution < 1.29 is 23.6 Å². The molecule has 0 aromatic heterocycles. The molecule has 1 rings (SSSR count). The summed E-state index contributed by atoms with van der Waals surface area (Å²) in [6.07, 6.45) is 48.8. The van der Waals surface area contributed by atoms with Gasteiger partial charge < -0.3 is 0 Å². The number of rotatable bonds is 50. The molecule has 7 heteroatoms. The maximum atomic E-state index is 13.6. The standard InChI is InChI=1S/3C18H36O2.C7H7.Sn/c3*1-17(2)15-13-11-9-7-5-3-4-6-8-10-12-14-16-18(19)20;1-7-5-3-2-4-6-7;/h3*17H,3-16H2,1-2H3,(H,19,20);2-6H,1H2;/q;;;;+3/p-3. The molecule has 0 heterocycles. The number of carbonyl (C=O) groups is 3. The monoisotopic (exact) mass is 1060 g/mol. The van der Waals surface area contributed by atoms with Gasteiger partial charge in [-0.05, 0) is 17.8 Å². The summed E-state index contributed by atoms with van der Waals surface area (Å²) in [7, 11) is 0. The van der Waals surface area contributed by atoms with Crippen molar-refractivity contribution in [1.29, 1.82) is 0 Å². The van der Waals surface area contributed by atoms with Gasteiger partial charge in [-0.3, -0.25) is 0 Å². The molecule has 0 radical (unpaired) electrons. The Labute approximate surface area is 428 Å². The predicted octanol–water partition coefficient (Wildman–Crippen LogP) is 19.7. The zero-order valence-corrected chi connectivity index (χ0v) is 48.8. The third-order valence-electron chi connectivity index (χ3n) is 13.8. The fourth-order valence-corrected chi connectivity index (χ4v) is 16.4. The van der Waals surface area contributed by atoms with Crippen molar-refractivity contribution in [3.8, 4) is 0 Å². The van der Waals surface area contributed by atoms with Crippen molar-refractivity contribution in [2.24, 2.45) is 17.8 Å². The third kappa shape index (κ3) is 43.2. The van der Waals surface area contributed by atoms with Crippen LogP contribution in [-0.2, 0) is 28.0 Å². The number of hydrogen-bond donors (Lipinski definition) is 0. The second-order valence-electron chi connectivity index (χ2n) is 22.3. The molecule has 0 aliphatic rings. The van der Waals surface area contributed by atoms with E-state index in [-0.39, 0.29) is 23.7 Å². The molecule has 0 aliphatic carbocycles. The molecule has 0 N–H and O–H groups in total. The molecule has 0 atom stereocenters. The Bertz CT molecular complexity index is 1160. The summed E-state index contributed by atoms with van der Waals surface area (Å²) in [5, 5.41) is 0. The molecule has 0 spiro atoms. The molecule has 68 heavy (non-hydrogen) atoms. The van der Waals surface area contributed by atoms with Gasteiger partial charge in [0.05, 0.1) is 0 Å². The van der Waals surface area contributed by atoms with E-state index in [1.54, 1.807) is 0 Å². The van der Waals surface area contributed by atoms with Gasteiger partial charge in [-0.2, -0.15) is 0 Å². The summed E-state index contributed by atoms with van der Waals surface area (Å²) in [5.74, 6) is 1.26. The normalized spacial score (nSPS) is 11.8. The number of hydrogen-bond acceptors (Lipinski definition) is 6. The molecule has 6 nitrogen and oxygen atoms in total. The Morgan fingerprint density at radius 2 is 0.529 bits per heavy atom. The topological polar surface area (TPSA) is 78.9 Å². The summed E-state index contributed by atoms with van der Waals surface area (Å²) in [6.45, 7) is 13.9. The average molecular weight is 1060 g/mol. The zero-order valence-electron chi connectivity index (χ0n) is 46.0. The fraction of sp³-hybridized carbons (Fsp3) is 0.852. The Balaban J connectivity index is 2.64. The molecule has 0 unspecified atom stereocenters. The molecule has 396 valence electrons. The zero-order chi connectivity index (χ0) is 49.6. The van der Waals surface area contributed by atoms with Gasteiger partial charge in [0.15, 0.2) is 0 Å². The van der Waals surface area contributed by atoms with E-state index in [9.17, 15) is 14.4 Å². The Kier molecular flexibility index (Phi) is 44.1. The van der Waals surface area contributed by atoms with Crippen molar-refractivity contribution in [3.63, 3.8) is 0 Å². The summed E-state index contributed by atoms with van der Waals surface area (Å²) in [4.78, 5) is 40.8. The molecule has 1 aromatic carbocycles. The van der Waals surface area contributed by atoms with E-state index in [0.29, 0.717) is 0 Å². The van der Waals surface area contributed by atoms with E-state index in [1.807, 2.05) is 30.3 Å². The molecule has 0 bridgehead atoms. The van der Waals surface area contributed by atoms with Crippen LogP contribution >= 0.6 is 0 Å². The van der Waals surface area contributed by atoms with Crippen LogP contribution < -0.4 is 0 Å². The number of unbranched alkanes of at least 4 members (excludes halogenated alkanes) is 33. The Morgan fingerprint density at radius 1 is 0.324 bits per heavy atom. The third-order valence-corrected chi connectivity index (χ3v) is 20.8. The van der Waals surface area contributed by atoms with Crippen LogP contribution in [0.5, 0.6) is 0 Å². The average Bonchev–Trinajstić information content (AvgIpc) is 3.29. The second-order valence-corrected chi connectivity index (χ2v) is 28.9. The molecule has 1 aromatic rings. The Hall–Kier alpha value is -1.57. The number of carbonyl (C=O) groups excluding carboxylic acids is 3. The van der Waals surface area contributed by atoms with Crippen LogP contribution in [0.15, 0.2) is 30.3 Å². The van der Waals surface area contributed by atoms with Crippen LogP contribution in [-0.4, -0.2) is 37.5 Å². The summed E-state index contributed by atoms with van der Waals surface area (Å²) < 4.78 is 18.9. The first-order valence-electron chi connectivity index (χ1n) is 29.7. The van der Waals surface area contributed by atoms with Gasteiger partial charge in [0.1, 0.15) is 0 Å². The van der Waals surface area contributed by atoms with E-state index in [1.165, 1.54) is 193 Å². The Morgan fingerprint density at radius 3 is 0.750 bits per heavy atom. The van der Waals surface area contributed by atoms with Gasteiger partial charge in [-0.15, -0.1) is 0 Å². The van der Waals surface area contributed by atoms with Crippen molar-refractivity contribution in [2.45, 2.75) is 316 Å². The van der Waals surface area contributed by atoms with Crippen LogP contribution in [0.25, 0.3) is 0 Å². The molecule has 0 amide bonds. The predicted molar refractivity (Wildman–Crippen MR) is 293 cm³/mol. The minimum atomic E-state index is -5.12. The van der Waals surface area contributed by atoms with E-state index in [4.69, 9.17) is 9.22 Å². The van der Waals surface area contributed by atoms with Crippen molar-refractivity contribution in [1.82, 2.24) is 0 Å². The van der Waals surface area contributed by atoms with E-state index >= 15 is 0 Å². The fourth-order valence-electron chi connectivity index (χ4n) is 9.46. The van der Waals surface area contributed by atoms with Crippen LogP contribution in [0.3, 0.4) is 0 Å². The minimum absolute atomic E-state index is 0.173. The minimum Gasteiger partial charge on any atom is -0.0628 e. The SMILES string of the molecule is CC(C)CCCCCCCCCCCCCCC(=O)[O][Sn]([CH2]c1ccccc1)([O]C(=O)CCCCCCCCCCCCCCC(C)C)[O]C(=O)CCCCCCCCCCCCCCC(C)C. The van der Waals surface area contributed by atoms with Gasteiger partial charge in [0.25, 0.3) is 0 Å². The first-order valence-corrected chi connectivity index (χ1v) is 35.2. The molecule has 0 fully saturated rings. The smallest absolute Gasteiger partial charge is 0.0628 e. The summed E-state index contributed by atoms with van der Waals surface area (Å²) >= 11 is -5.12. The van der Waals surface area contributed by atoms with Crippen LogP contribution in [0, 0.1) is 17.8 Å². The quantitative estimate of drug-likeness (QED) is 0.0478. The molecular formula is C61H112O6Sn. The van der Waals surface area contributed by atoms with Gasteiger partial charge in [-0.25, -0.2) is 0 Å². The van der Waals surface area contributed by atoms with E-state index in [0.717, 1.165) is 81.1 Å². The number of benzene rings is 1. The van der Waals surface area contributed by atoms with Gasteiger partial charge >= 0.3 is 294 Å². The van der Waals surface area contributed by atoms with Crippen molar-refractivity contribution in [2.75, 3.05) is 0 Å². The van der Waals surface area contributed by atoms with Gasteiger partial charge in [-0.1, -0.05) is 119 Å². The van der Waals surface area contributed by atoms with Crippen molar-refractivity contribution >= 4 is 37.5 Å². The van der Waals surface area contributed by atoms with Crippen LogP contribution in [0.2, 0.25) is 0 Å². The first kappa shape index (κ1) is 64.4. The maximum absolute atomic E-state index is 13.6. The molecular weight excluding hydrogens is 947 g/mol. The van der Waals surface area contributed by atoms with E-state index in [2.05, 4.69) is 41.5 Å².